The summed E-state index contributed by atoms with van der Waals surface area (Å²) >= 11 is 2.09. The summed E-state index contributed by atoms with van der Waals surface area (Å²) in [5.74, 6) is -3.34. The predicted octanol–water partition coefficient (Wildman–Crippen LogP) is 11.2. The normalized spacial score (nSPS) is 12.0. The van der Waals surface area contributed by atoms with Crippen molar-refractivity contribution in [1.82, 2.24) is 39.5 Å². The molecule has 4 heterocycles. The van der Waals surface area contributed by atoms with Crippen LogP contribution in [0, 0.1) is 27.0 Å². The number of fused-ring (bicyclic) bond motifs is 2. The third-order valence-corrected chi connectivity index (χ3v) is 13.0. The molecule has 7 aromatic rings. The number of aromatic nitrogens is 8. The lowest BCUT2D eigenvalue weighted by Gasteiger charge is -2.15. The molecule has 0 saturated heterocycles. The van der Waals surface area contributed by atoms with Crippen molar-refractivity contribution in [2.45, 2.75) is 64.8 Å². The van der Waals surface area contributed by atoms with Gasteiger partial charge in [-0.15, -0.1) is 0 Å². The van der Waals surface area contributed by atoms with Crippen molar-refractivity contribution in [1.29, 1.82) is 0 Å². The number of nitrogens with zero attached hydrogens (tertiary/aromatic N) is 8. The summed E-state index contributed by atoms with van der Waals surface area (Å²) in [6.07, 6.45) is 6.98. The van der Waals surface area contributed by atoms with Gasteiger partial charge < -0.3 is 18.9 Å². The fraction of sp³-hybridized carbons (Fsp3) is 0.286. The third kappa shape index (κ3) is 13.2. The molecule has 12 nitrogen and oxygen atoms in total. The van der Waals surface area contributed by atoms with Crippen LogP contribution >= 0.6 is 22.6 Å². The summed E-state index contributed by atoms with van der Waals surface area (Å²) in [5, 5.41) is 10.5. The lowest BCUT2D eigenvalue weighted by atomic mass is 10.2. The van der Waals surface area contributed by atoms with Crippen LogP contribution in [0.2, 0.25) is 51.4 Å². The summed E-state index contributed by atoms with van der Waals surface area (Å²) < 4.78 is 80.5. The molecule has 7 rings (SSSR count). The van der Waals surface area contributed by atoms with Crippen molar-refractivity contribution < 1.29 is 36.5 Å². The molecule has 0 bridgehead atoms. The van der Waals surface area contributed by atoms with E-state index in [0.29, 0.717) is 35.6 Å². The Bertz CT molecular complexity index is 2620. The van der Waals surface area contributed by atoms with Crippen LogP contribution < -0.4 is 9.47 Å². The largest absolute Gasteiger partial charge is 0.421 e. The summed E-state index contributed by atoms with van der Waals surface area (Å²) in [4.78, 5) is 17.0. The second kappa shape index (κ2) is 20.2. The van der Waals surface area contributed by atoms with Crippen LogP contribution in [0.1, 0.15) is 11.3 Å². The highest BCUT2D eigenvalue weighted by atomic mass is 127. The molecular formula is C42H45F4IN8O4Si2. The Morgan fingerprint density at radius 1 is 0.623 bits per heavy atom. The molecular weight excluding hydrogens is 940 g/mol. The zero-order valence-electron chi connectivity index (χ0n) is 34.5. The fourth-order valence-electron chi connectivity index (χ4n) is 5.38. The number of hydrogen-bond acceptors (Lipinski definition) is 10. The van der Waals surface area contributed by atoms with E-state index in [-0.39, 0.29) is 37.0 Å². The SMILES string of the molecule is C[Si](C)(C)CCOCn1nc(/C=C/c2ccccc2)c2cnc(Oc3ccc(F)cc3F)nc21.C[Si](C)(C)CCOCn1nc(I)c2cnc(Oc3ccc(F)cc3F)nc21. The van der Waals surface area contributed by atoms with Gasteiger partial charge in [0.15, 0.2) is 34.4 Å². The second-order valence-corrected chi connectivity index (χ2v) is 28.5. The Morgan fingerprint density at radius 3 is 1.62 bits per heavy atom. The van der Waals surface area contributed by atoms with Gasteiger partial charge in [-0.1, -0.05) is 75.7 Å². The van der Waals surface area contributed by atoms with E-state index in [1.54, 1.807) is 21.8 Å². The first-order valence-corrected chi connectivity index (χ1v) is 27.8. The molecule has 0 spiro atoms. The van der Waals surface area contributed by atoms with E-state index in [0.717, 1.165) is 51.0 Å². The maximum Gasteiger partial charge on any atom is 0.324 e. The van der Waals surface area contributed by atoms with Crippen LogP contribution in [-0.2, 0) is 22.9 Å². The molecule has 0 N–H and O–H groups in total. The molecule has 0 fully saturated rings. The van der Waals surface area contributed by atoms with E-state index in [1.807, 2.05) is 42.5 Å². The van der Waals surface area contributed by atoms with Gasteiger partial charge in [0.25, 0.3) is 0 Å². The predicted molar refractivity (Wildman–Crippen MR) is 240 cm³/mol. The van der Waals surface area contributed by atoms with Crippen molar-refractivity contribution in [3.63, 3.8) is 0 Å². The van der Waals surface area contributed by atoms with E-state index >= 15 is 0 Å². The van der Waals surface area contributed by atoms with Gasteiger partial charge in [0.05, 0.1) is 16.5 Å². The lowest BCUT2D eigenvalue weighted by Crippen LogP contribution is -2.22. The highest BCUT2D eigenvalue weighted by Crippen LogP contribution is 2.27. The molecule has 4 aromatic heterocycles. The maximum absolute atomic E-state index is 14.0. The zero-order valence-corrected chi connectivity index (χ0v) is 38.7. The lowest BCUT2D eigenvalue weighted by molar-refractivity contribution is 0.0809. The first-order valence-electron chi connectivity index (χ1n) is 19.3. The van der Waals surface area contributed by atoms with Gasteiger partial charge in [0, 0.05) is 53.9 Å². The minimum absolute atomic E-state index is 0.0485. The second-order valence-electron chi connectivity index (χ2n) is 16.2. The number of hydrogen-bond donors (Lipinski definition) is 0. The molecule has 19 heteroatoms. The van der Waals surface area contributed by atoms with E-state index in [2.05, 4.69) is 92.0 Å². The Hall–Kier alpha value is -5.10. The van der Waals surface area contributed by atoms with Crippen LogP contribution in [-0.4, -0.2) is 68.9 Å². The molecule has 0 aliphatic carbocycles. The van der Waals surface area contributed by atoms with Gasteiger partial charge in [-0.05, 0) is 70.6 Å². The first-order chi connectivity index (χ1) is 29.0. The van der Waals surface area contributed by atoms with Gasteiger partial charge in [0.1, 0.15) is 28.8 Å². The Morgan fingerprint density at radius 2 is 1.11 bits per heavy atom. The Labute approximate surface area is 366 Å². The Kier molecular flexibility index (Phi) is 15.0. The van der Waals surface area contributed by atoms with Crippen molar-refractivity contribution in [2.24, 2.45) is 0 Å². The van der Waals surface area contributed by atoms with Crippen LogP contribution in [0.4, 0.5) is 17.6 Å². The maximum atomic E-state index is 14.0. The van der Waals surface area contributed by atoms with Crippen LogP contribution in [0.5, 0.6) is 23.5 Å². The van der Waals surface area contributed by atoms with Gasteiger partial charge in [-0.25, -0.2) is 36.9 Å². The average Bonchev–Trinajstić information content (AvgIpc) is 3.71. The Balaban J connectivity index is 0.000000210. The van der Waals surface area contributed by atoms with Crippen molar-refractivity contribution in [2.75, 3.05) is 13.2 Å². The summed E-state index contributed by atoms with van der Waals surface area (Å²) in [6, 6.07) is 17.9. The standard InChI is InChI=1S/C25H26F2N4O2Si.C17H19F2IN4O2Si/c1-34(2,3)14-13-32-17-31-24-20(22(30-31)11-9-18-7-5-4-6-8-18)16-28-25(29-24)33-23-12-10-19(26)15-21(23)27;1-27(2,3)7-6-25-10-24-16-12(15(20)23-24)9-21-17(22-16)26-14-5-4-11(18)8-13(14)19/h4-12,15-16H,13-14,17H2,1-3H3;4-5,8-9H,6-7,10H2,1-3H3/b11-9+;. The number of ether oxygens (including phenoxy) is 4. The van der Waals surface area contributed by atoms with Gasteiger partial charge in [-0.3, -0.25) is 0 Å². The highest BCUT2D eigenvalue weighted by Gasteiger charge is 2.18. The highest BCUT2D eigenvalue weighted by molar-refractivity contribution is 14.1. The van der Waals surface area contributed by atoms with E-state index in [9.17, 15) is 17.6 Å². The molecule has 0 aliphatic rings. The zero-order chi connectivity index (χ0) is 43.7. The van der Waals surface area contributed by atoms with E-state index in [4.69, 9.17) is 18.9 Å². The van der Waals surface area contributed by atoms with Gasteiger partial charge in [0.2, 0.25) is 0 Å². The van der Waals surface area contributed by atoms with Crippen LogP contribution in [0.25, 0.3) is 34.2 Å². The molecule has 0 amide bonds. The number of halogens is 5. The van der Waals surface area contributed by atoms with Crippen molar-refractivity contribution >= 4 is 73.0 Å². The van der Waals surface area contributed by atoms with Crippen molar-refractivity contribution in [3.8, 4) is 23.5 Å². The number of benzene rings is 3. The van der Waals surface area contributed by atoms with E-state index in [1.165, 1.54) is 12.1 Å². The summed E-state index contributed by atoms with van der Waals surface area (Å²) in [7, 11) is -2.40. The van der Waals surface area contributed by atoms with Gasteiger partial charge in [-0.2, -0.15) is 20.2 Å². The van der Waals surface area contributed by atoms with E-state index < -0.39 is 39.4 Å². The minimum atomic E-state index is -1.23. The summed E-state index contributed by atoms with van der Waals surface area (Å²) in [6.45, 7) is 15.5. The summed E-state index contributed by atoms with van der Waals surface area (Å²) in [5.41, 5.74) is 2.73. The monoisotopic (exact) mass is 984 g/mol. The smallest absolute Gasteiger partial charge is 0.324 e. The molecule has 0 radical (unpaired) electrons. The third-order valence-electron chi connectivity index (χ3n) is 8.76. The first kappa shape index (κ1) is 45.4. The quantitative estimate of drug-likeness (QED) is 0.0400. The molecule has 0 aliphatic heterocycles. The molecule has 61 heavy (non-hydrogen) atoms. The van der Waals surface area contributed by atoms with Crippen molar-refractivity contribution in [3.05, 3.63) is 117 Å². The average molecular weight is 985 g/mol. The molecule has 0 unspecified atom stereocenters. The van der Waals surface area contributed by atoms with Crippen LogP contribution in [0.3, 0.4) is 0 Å². The number of rotatable bonds is 16. The van der Waals surface area contributed by atoms with Crippen LogP contribution in [0.15, 0.2) is 79.1 Å². The molecule has 320 valence electrons. The molecule has 0 atom stereocenters. The molecule has 3 aromatic carbocycles. The van der Waals surface area contributed by atoms with Gasteiger partial charge >= 0.3 is 12.0 Å². The fourth-order valence-corrected chi connectivity index (χ4v) is 7.54. The minimum Gasteiger partial charge on any atom is -0.421 e. The topological polar surface area (TPSA) is 124 Å². The molecule has 0 saturated carbocycles.